The summed E-state index contributed by atoms with van der Waals surface area (Å²) in [7, 11) is -1.76. The number of ether oxygens (including phenoxy) is 1. The second-order valence-electron chi connectivity index (χ2n) is 4.40. The molecule has 0 radical (unpaired) electrons. The van der Waals surface area contributed by atoms with Crippen LogP contribution in [-0.2, 0) is 21.4 Å². The van der Waals surface area contributed by atoms with Crippen LogP contribution in [0.25, 0.3) is 0 Å². The lowest BCUT2D eigenvalue weighted by atomic mass is 10.2. The van der Waals surface area contributed by atoms with E-state index in [1.165, 1.54) is 0 Å². The molecule has 108 valence electrons. The zero-order valence-electron chi connectivity index (χ0n) is 11.6. The first-order chi connectivity index (χ1) is 8.99. The predicted molar refractivity (Wildman–Crippen MR) is 77.7 cm³/mol. The SMILES string of the molecule is CCNCC(C)S(=O)(=O)Nc1cccc(COC)c1. The van der Waals surface area contributed by atoms with Gasteiger partial charge >= 0.3 is 0 Å². The van der Waals surface area contributed by atoms with Gasteiger partial charge in [0.2, 0.25) is 10.0 Å². The van der Waals surface area contributed by atoms with Gasteiger partial charge in [0, 0.05) is 19.3 Å². The molecular formula is C13H22N2O3S. The second kappa shape index (κ2) is 7.47. The molecule has 0 aliphatic rings. The van der Waals surface area contributed by atoms with Gasteiger partial charge in [-0.2, -0.15) is 0 Å². The van der Waals surface area contributed by atoms with E-state index in [1.54, 1.807) is 32.2 Å². The van der Waals surface area contributed by atoms with Crippen molar-refractivity contribution in [3.8, 4) is 0 Å². The Bertz CT molecular complexity index is 488. The van der Waals surface area contributed by atoms with Gasteiger partial charge in [0.05, 0.1) is 11.9 Å². The number of benzene rings is 1. The smallest absolute Gasteiger partial charge is 0.236 e. The first-order valence-corrected chi connectivity index (χ1v) is 7.84. The van der Waals surface area contributed by atoms with E-state index < -0.39 is 15.3 Å². The number of methoxy groups -OCH3 is 1. The third-order valence-corrected chi connectivity index (χ3v) is 4.46. The molecule has 0 spiro atoms. The van der Waals surface area contributed by atoms with Gasteiger partial charge in [0.25, 0.3) is 0 Å². The Labute approximate surface area is 115 Å². The maximum absolute atomic E-state index is 12.1. The van der Waals surface area contributed by atoms with Crippen molar-refractivity contribution in [3.63, 3.8) is 0 Å². The summed E-state index contributed by atoms with van der Waals surface area (Å²) in [4.78, 5) is 0. The third-order valence-electron chi connectivity index (χ3n) is 2.71. The number of hydrogen-bond acceptors (Lipinski definition) is 4. The average Bonchev–Trinajstić information content (AvgIpc) is 2.36. The average molecular weight is 286 g/mol. The van der Waals surface area contributed by atoms with Gasteiger partial charge in [0.15, 0.2) is 0 Å². The molecule has 0 aromatic heterocycles. The van der Waals surface area contributed by atoms with Crippen LogP contribution in [-0.4, -0.2) is 33.9 Å². The topological polar surface area (TPSA) is 67.4 Å². The first-order valence-electron chi connectivity index (χ1n) is 6.29. The summed E-state index contributed by atoms with van der Waals surface area (Å²) in [5.41, 5.74) is 1.50. The minimum atomic E-state index is -3.37. The van der Waals surface area contributed by atoms with E-state index in [-0.39, 0.29) is 0 Å². The van der Waals surface area contributed by atoms with Gasteiger partial charge in [-0.1, -0.05) is 19.1 Å². The van der Waals surface area contributed by atoms with E-state index in [4.69, 9.17) is 4.74 Å². The zero-order valence-corrected chi connectivity index (χ0v) is 12.5. The highest BCUT2D eigenvalue weighted by Crippen LogP contribution is 2.14. The monoisotopic (exact) mass is 286 g/mol. The molecule has 5 nitrogen and oxygen atoms in total. The molecular weight excluding hydrogens is 264 g/mol. The molecule has 1 aromatic rings. The van der Waals surface area contributed by atoms with Crippen molar-refractivity contribution in [1.82, 2.24) is 5.32 Å². The molecule has 1 atom stereocenters. The van der Waals surface area contributed by atoms with Crippen molar-refractivity contribution in [2.45, 2.75) is 25.7 Å². The summed E-state index contributed by atoms with van der Waals surface area (Å²) in [5.74, 6) is 0. The fourth-order valence-corrected chi connectivity index (χ4v) is 2.61. The van der Waals surface area contributed by atoms with Gasteiger partial charge in [0.1, 0.15) is 0 Å². The lowest BCUT2D eigenvalue weighted by Crippen LogP contribution is -2.34. The van der Waals surface area contributed by atoms with E-state index in [0.29, 0.717) is 18.8 Å². The van der Waals surface area contributed by atoms with Gasteiger partial charge in [-0.15, -0.1) is 0 Å². The van der Waals surface area contributed by atoms with Crippen molar-refractivity contribution in [3.05, 3.63) is 29.8 Å². The van der Waals surface area contributed by atoms with E-state index in [0.717, 1.165) is 12.1 Å². The number of rotatable bonds is 8. The molecule has 0 heterocycles. The normalized spacial score (nSPS) is 13.2. The fourth-order valence-electron chi connectivity index (χ4n) is 1.61. The predicted octanol–water partition coefficient (Wildman–Crippen LogP) is 1.57. The molecule has 0 saturated carbocycles. The standard InChI is InChI=1S/C13H22N2O3S/c1-4-14-9-11(2)19(16,17)15-13-7-5-6-12(8-13)10-18-3/h5-8,11,14-15H,4,9-10H2,1-3H3. The highest BCUT2D eigenvalue weighted by molar-refractivity contribution is 7.93. The summed E-state index contributed by atoms with van der Waals surface area (Å²) in [5, 5.41) is 2.54. The number of anilines is 1. The number of nitrogens with one attached hydrogen (secondary N) is 2. The Balaban J connectivity index is 2.74. The van der Waals surface area contributed by atoms with E-state index in [2.05, 4.69) is 10.0 Å². The van der Waals surface area contributed by atoms with Gasteiger partial charge < -0.3 is 10.1 Å². The van der Waals surface area contributed by atoms with Crippen molar-refractivity contribution in [1.29, 1.82) is 0 Å². The van der Waals surface area contributed by atoms with Crippen LogP contribution >= 0.6 is 0 Å². The highest BCUT2D eigenvalue weighted by Gasteiger charge is 2.20. The maximum Gasteiger partial charge on any atom is 0.236 e. The van der Waals surface area contributed by atoms with Gasteiger partial charge in [-0.05, 0) is 31.2 Å². The van der Waals surface area contributed by atoms with Crippen molar-refractivity contribution >= 4 is 15.7 Å². The van der Waals surface area contributed by atoms with Crippen molar-refractivity contribution in [2.75, 3.05) is 24.9 Å². The lowest BCUT2D eigenvalue weighted by Gasteiger charge is -2.15. The van der Waals surface area contributed by atoms with Gasteiger partial charge in [-0.3, -0.25) is 4.72 Å². The third kappa shape index (κ3) is 5.18. The molecule has 1 unspecified atom stereocenters. The van der Waals surface area contributed by atoms with Crippen LogP contribution in [0.5, 0.6) is 0 Å². The number of hydrogen-bond donors (Lipinski definition) is 2. The van der Waals surface area contributed by atoms with Crippen LogP contribution < -0.4 is 10.0 Å². The Hall–Kier alpha value is -1.11. The van der Waals surface area contributed by atoms with Crippen LogP contribution in [0.15, 0.2) is 24.3 Å². The van der Waals surface area contributed by atoms with Gasteiger partial charge in [-0.25, -0.2) is 8.42 Å². The Morgan fingerprint density at radius 3 is 2.74 bits per heavy atom. The first kappa shape index (κ1) is 15.9. The minimum absolute atomic E-state index is 0.434. The highest BCUT2D eigenvalue weighted by atomic mass is 32.2. The molecule has 1 aromatic carbocycles. The molecule has 0 amide bonds. The number of sulfonamides is 1. The summed E-state index contributed by atoms with van der Waals surface area (Å²) < 4.78 is 31.8. The summed E-state index contributed by atoms with van der Waals surface area (Å²) in [6.45, 7) is 5.28. The Morgan fingerprint density at radius 1 is 1.37 bits per heavy atom. The quantitative estimate of drug-likeness (QED) is 0.761. The van der Waals surface area contributed by atoms with Crippen LogP contribution in [0.1, 0.15) is 19.4 Å². The molecule has 6 heteroatoms. The lowest BCUT2D eigenvalue weighted by molar-refractivity contribution is 0.185. The Kier molecular flexibility index (Phi) is 6.27. The van der Waals surface area contributed by atoms with Crippen LogP contribution in [0.2, 0.25) is 0 Å². The molecule has 0 aliphatic carbocycles. The summed E-state index contributed by atoms with van der Waals surface area (Å²) in [6, 6.07) is 7.21. The largest absolute Gasteiger partial charge is 0.380 e. The van der Waals surface area contributed by atoms with Crippen molar-refractivity contribution < 1.29 is 13.2 Å². The molecule has 1 rings (SSSR count). The Morgan fingerprint density at radius 2 is 2.11 bits per heavy atom. The molecule has 19 heavy (non-hydrogen) atoms. The summed E-state index contributed by atoms with van der Waals surface area (Å²) in [6.07, 6.45) is 0. The van der Waals surface area contributed by atoms with E-state index in [1.807, 2.05) is 13.0 Å². The molecule has 0 bridgehead atoms. The minimum Gasteiger partial charge on any atom is -0.380 e. The van der Waals surface area contributed by atoms with Crippen LogP contribution in [0, 0.1) is 0 Å². The molecule has 0 fully saturated rings. The summed E-state index contributed by atoms with van der Waals surface area (Å²) >= 11 is 0. The maximum atomic E-state index is 12.1. The fraction of sp³-hybridized carbons (Fsp3) is 0.538. The second-order valence-corrected chi connectivity index (χ2v) is 6.50. The molecule has 0 saturated heterocycles. The van der Waals surface area contributed by atoms with E-state index >= 15 is 0 Å². The van der Waals surface area contributed by atoms with Crippen molar-refractivity contribution in [2.24, 2.45) is 0 Å². The zero-order chi connectivity index (χ0) is 14.3. The van der Waals surface area contributed by atoms with E-state index in [9.17, 15) is 8.42 Å². The van der Waals surface area contributed by atoms with Crippen LogP contribution in [0.4, 0.5) is 5.69 Å². The molecule has 2 N–H and O–H groups in total. The van der Waals surface area contributed by atoms with Crippen LogP contribution in [0.3, 0.4) is 0 Å². The molecule has 0 aliphatic heterocycles.